The molecule has 0 aromatic heterocycles. The van der Waals surface area contributed by atoms with Crippen molar-refractivity contribution in [2.24, 2.45) is 0 Å². The SMILES string of the molecule is CC(=O)CC[C@H]1O[C@]1(C)CC[C@H]1OC1(C)C. The number of ketones is 1. The van der Waals surface area contributed by atoms with Crippen LogP contribution in [0.5, 0.6) is 0 Å². The Morgan fingerprint density at radius 3 is 2.25 bits per heavy atom. The predicted molar refractivity (Wildman–Crippen MR) is 61.4 cm³/mol. The van der Waals surface area contributed by atoms with Crippen molar-refractivity contribution in [3.05, 3.63) is 0 Å². The predicted octanol–water partition coefficient (Wildman–Crippen LogP) is 2.47. The molecule has 2 saturated heterocycles. The first-order valence-corrected chi connectivity index (χ1v) is 6.18. The van der Waals surface area contributed by atoms with Crippen LogP contribution in [-0.2, 0) is 14.3 Å². The Morgan fingerprint density at radius 2 is 1.75 bits per heavy atom. The molecule has 0 aliphatic carbocycles. The van der Waals surface area contributed by atoms with Gasteiger partial charge in [-0.05, 0) is 47.0 Å². The van der Waals surface area contributed by atoms with E-state index in [2.05, 4.69) is 20.8 Å². The highest BCUT2D eigenvalue weighted by molar-refractivity contribution is 5.75. The van der Waals surface area contributed by atoms with Gasteiger partial charge in [-0.3, -0.25) is 0 Å². The number of epoxide rings is 2. The molecule has 2 fully saturated rings. The first kappa shape index (κ1) is 12.1. The molecule has 3 heteroatoms. The Labute approximate surface area is 97.5 Å². The maximum atomic E-state index is 10.9. The Hall–Kier alpha value is -0.410. The second-order valence-corrected chi connectivity index (χ2v) is 5.91. The molecule has 0 N–H and O–H groups in total. The lowest BCUT2D eigenvalue weighted by atomic mass is 9.95. The fraction of sp³-hybridized carbons (Fsp3) is 0.923. The lowest BCUT2D eigenvalue weighted by Gasteiger charge is -2.04. The summed E-state index contributed by atoms with van der Waals surface area (Å²) in [6, 6.07) is 0. The van der Waals surface area contributed by atoms with E-state index in [4.69, 9.17) is 9.47 Å². The van der Waals surface area contributed by atoms with Crippen LogP contribution in [0, 0.1) is 0 Å². The quantitative estimate of drug-likeness (QED) is 0.653. The van der Waals surface area contributed by atoms with Crippen LogP contribution in [0.25, 0.3) is 0 Å². The summed E-state index contributed by atoms with van der Waals surface area (Å²) in [4.78, 5) is 10.9. The molecule has 2 aliphatic rings. The highest BCUT2D eigenvalue weighted by atomic mass is 16.6. The maximum Gasteiger partial charge on any atom is 0.129 e. The van der Waals surface area contributed by atoms with Crippen LogP contribution in [0.1, 0.15) is 53.4 Å². The number of carbonyl (C=O) groups is 1. The number of rotatable bonds is 6. The summed E-state index contributed by atoms with van der Waals surface area (Å²) >= 11 is 0. The minimum Gasteiger partial charge on any atom is -0.367 e. The molecular weight excluding hydrogens is 204 g/mol. The van der Waals surface area contributed by atoms with Crippen LogP contribution in [-0.4, -0.2) is 29.2 Å². The van der Waals surface area contributed by atoms with E-state index in [-0.39, 0.29) is 17.0 Å². The fourth-order valence-electron chi connectivity index (χ4n) is 2.37. The van der Waals surface area contributed by atoms with Gasteiger partial charge in [-0.25, -0.2) is 0 Å². The Balaban J connectivity index is 1.65. The molecule has 3 atom stereocenters. The topological polar surface area (TPSA) is 42.1 Å². The molecule has 2 aliphatic heterocycles. The van der Waals surface area contributed by atoms with E-state index in [9.17, 15) is 4.79 Å². The van der Waals surface area contributed by atoms with Gasteiger partial charge in [-0.15, -0.1) is 0 Å². The highest BCUT2D eigenvalue weighted by Crippen LogP contribution is 2.46. The maximum absolute atomic E-state index is 10.9. The molecule has 2 heterocycles. The van der Waals surface area contributed by atoms with Crippen molar-refractivity contribution < 1.29 is 14.3 Å². The molecule has 0 unspecified atom stereocenters. The van der Waals surface area contributed by atoms with Crippen molar-refractivity contribution in [2.45, 2.75) is 76.8 Å². The van der Waals surface area contributed by atoms with Crippen LogP contribution in [0.2, 0.25) is 0 Å². The summed E-state index contributed by atoms with van der Waals surface area (Å²) < 4.78 is 11.2. The average Bonchev–Trinajstić information content (AvgIpc) is 2.98. The van der Waals surface area contributed by atoms with Gasteiger partial charge in [0.1, 0.15) is 5.78 Å². The van der Waals surface area contributed by atoms with Gasteiger partial charge in [0.2, 0.25) is 0 Å². The Morgan fingerprint density at radius 1 is 1.12 bits per heavy atom. The summed E-state index contributed by atoms with van der Waals surface area (Å²) in [6.45, 7) is 8.04. The fourth-order valence-corrected chi connectivity index (χ4v) is 2.37. The van der Waals surface area contributed by atoms with Gasteiger partial charge in [0.15, 0.2) is 0 Å². The zero-order valence-electron chi connectivity index (χ0n) is 10.7. The molecule has 16 heavy (non-hydrogen) atoms. The van der Waals surface area contributed by atoms with Crippen LogP contribution >= 0.6 is 0 Å². The third kappa shape index (κ3) is 2.64. The van der Waals surface area contributed by atoms with Crippen molar-refractivity contribution in [3.8, 4) is 0 Å². The van der Waals surface area contributed by atoms with Gasteiger partial charge in [-0.1, -0.05) is 0 Å². The number of carbonyl (C=O) groups excluding carboxylic acids is 1. The van der Waals surface area contributed by atoms with Crippen LogP contribution in [0.15, 0.2) is 0 Å². The van der Waals surface area contributed by atoms with Crippen molar-refractivity contribution in [2.75, 3.05) is 0 Å². The van der Waals surface area contributed by atoms with E-state index >= 15 is 0 Å². The lowest BCUT2D eigenvalue weighted by Crippen LogP contribution is -2.13. The zero-order valence-corrected chi connectivity index (χ0v) is 10.7. The summed E-state index contributed by atoms with van der Waals surface area (Å²) in [5.74, 6) is 0.254. The van der Waals surface area contributed by atoms with Gasteiger partial charge in [0.05, 0.1) is 23.4 Å². The molecule has 0 aromatic carbocycles. The molecule has 0 aromatic rings. The van der Waals surface area contributed by atoms with Crippen molar-refractivity contribution in [3.63, 3.8) is 0 Å². The molecule has 0 bridgehead atoms. The lowest BCUT2D eigenvalue weighted by molar-refractivity contribution is -0.117. The number of ether oxygens (including phenoxy) is 2. The smallest absolute Gasteiger partial charge is 0.129 e. The van der Waals surface area contributed by atoms with Crippen molar-refractivity contribution in [1.29, 1.82) is 0 Å². The standard InChI is InChI=1S/C13H22O3/c1-9(14)5-6-11-13(4,16-11)8-7-10-12(2,3)15-10/h10-11H,5-8H2,1-4H3/t10-,11-,13-/m1/s1. The van der Waals surface area contributed by atoms with E-state index in [1.54, 1.807) is 6.92 Å². The zero-order chi connectivity index (χ0) is 12.0. The van der Waals surface area contributed by atoms with Gasteiger partial charge in [-0.2, -0.15) is 0 Å². The summed E-state index contributed by atoms with van der Waals surface area (Å²) in [5, 5.41) is 0. The second kappa shape index (κ2) is 3.81. The van der Waals surface area contributed by atoms with E-state index in [0.717, 1.165) is 19.3 Å². The summed E-state index contributed by atoms with van der Waals surface area (Å²) in [6.07, 6.45) is 4.33. The molecule has 0 radical (unpaired) electrons. The Bertz CT molecular complexity index is 298. The largest absolute Gasteiger partial charge is 0.367 e. The molecule has 3 nitrogen and oxygen atoms in total. The first-order chi connectivity index (χ1) is 7.33. The van der Waals surface area contributed by atoms with Gasteiger partial charge in [0, 0.05) is 6.42 Å². The number of Topliss-reactive ketones (excluding diaryl/α,β-unsaturated/α-hetero) is 1. The van der Waals surface area contributed by atoms with Gasteiger partial charge in [0.25, 0.3) is 0 Å². The number of hydrogen-bond acceptors (Lipinski definition) is 3. The summed E-state index contributed by atoms with van der Waals surface area (Å²) in [7, 11) is 0. The normalized spacial score (nSPS) is 39.5. The van der Waals surface area contributed by atoms with Crippen LogP contribution in [0.4, 0.5) is 0 Å². The molecular formula is C13H22O3. The van der Waals surface area contributed by atoms with Gasteiger partial charge >= 0.3 is 0 Å². The van der Waals surface area contributed by atoms with E-state index in [1.807, 2.05) is 0 Å². The molecule has 2 rings (SSSR count). The Kier molecular flexibility index (Phi) is 2.87. The monoisotopic (exact) mass is 226 g/mol. The van der Waals surface area contributed by atoms with E-state index < -0.39 is 0 Å². The van der Waals surface area contributed by atoms with Crippen molar-refractivity contribution >= 4 is 5.78 Å². The van der Waals surface area contributed by atoms with Crippen molar-refractivity contribution in [1.82, 2.24) is 0 Å². The average molecular weight is 226 g/mol. The van der Waals surface area contributed by atoms with E-state index in [0.29, 0.717) is 18.6 Å². The van der Waals surface area contributed by atoms with E-state index in [1.165, 1.54) is 0 Å². The highest BCUT2D eigenvalue weighted by Gasteiger charge is 2.54. The second-order valence-electron chi connectivity index (χ2n) is 5.91. The summed E-state index contributed by atoms with van der Waals surface area (Å²) in [5.41, 5.74) is 0.0949. The van der Waals surface area contributed by atoms with Gasteiger partial charge < -0.3 is 14.3 Å². The minimum atomic E-state index is 0.0114. The van der Waals surface area contributed by atoms with Crippen LogP contribution in [0.3, 0.4) is 0 Å². The third-order valence-corrected chi connectivity index (χ3v) is 3.86. The molecule has 0 amide bonds. The molecule has 92 valence electrons. The minimum absolute atomic E-state index is 0.0114. The first-order valence-electron chi connectivity index (χ1n) is 6.18. The molecule has 0 spiro atoms. The molecule has 0 saturated carbocycles. The van der Waals surface area contributed by atoms with Crippen LogP contribution < -0.4 is 0 Å². The number of hydrogen-bond donors (Lipinski definition) is 0. The third-order valence-electron chi connectivity index (χ3n) is 3.86.